The summed E-state index contributed by atoms with van der Waals surface area (Å²) in [7, 11) is 0. The van der Waals surface area contributed by atoms with Crippen LogP contribution in [0.25, 0.3) is 0 Å². The van der Waals surface area contributed by atoms with E-state index in [1.807, 2.05) is 13.8 Å². The van der Waals surface area contributed by atoms with Crippen LogP contribution in [0.1, 0.15) is 53.9 Å². The number of ether oxygens (including phenoxy) is 1. The standard InChI is InChI=1S/C13H24O4/c1-6-9(7-2)10(12(15)16)8-11(14)17-13(3,4)5/h9-10H,6-8H2,1-5H3,(H,15,16)/t10-/m0/s1. The summed E-state index contributed by atoms with van der Waals surface area (Å²) < 4.78 is 5.16. The zero-order chi connectivity index (χ0) is 13.6. The normalized spacial score (nSPS) is 13.5. The van der Waals surface area contributed by atoms with Crippen LogP contribution in [0.15, 0.2) is 0 Å². The quantitative estimate of drug-likeness (QED) is 0.730. The van der Waals surface area contributed by atoms with E-state index in [-0.39, 0.29) is 12.3 Å². The van der Waals surface area contributed by atoms with Crippen LogP contribution >= 0.6 is 0 Å². The summed E-state index contributed by atoms with van der Waals surface area (Å²) >= 11 is 0. The molecule has 0 fully saturated rings. The molecule has 0 aliphatic rings. The lowest BCUT2D eigenvalue weighted by Gasteiger charge is -2.24. The monoisotopic (exact) mass is 244 g/mol. The lowest BCUT2D eigenvalue weighted by Crippen LogP contribution is -2.30. The highest BCUT2D eigenvalue weighted by Crippen LogP contribution is 2.24. The first-order valence-electron chi connectivity index (χ1n) is 6.15. The van der Waals surface area contributed by atoms with Gasteiger partial charge in [-0.25, -0.2) is 0 Å². The Morgan fingerprint density at radius 2 is 1.65 bits per heavy atom. The SMILES string of the molecule is CCC(CC)[C@H](CC(=O)OC(C)(C)C)C(=O)O. The van der Waals surface area contributed by atoms with E-state index in [1.54, 1.807) is 20.8 Å². The van der Waals surface area contributed by atoms with E-state index in [2.05, 4.69) is 0 Å². The highest BCUT2D eigenvalue weighted by Gasteiger charge is 2.30. The van der Waals surface area contributed by atoms with Gasteiger partial charge in [-0.1, -0.05) is 26.7 Å². The molecule has 0 spiro atoms. The molecule has 0 rings (SSSR count). The molecule has 0 amide bonds. The van der Waals surface area contributed by atoms with Gasteiger partial charge in [0.25, 0.3) is 0 Å². The summed E-state index contributed by atoms with van der Waals surface area (Å²) in [5, 5.41) is 9.15. The summed E-state index contributed by atoms with van der Waals surface area (Å²) in [5.41, 5.74) is -0.561. The Labute approximate surface area is 103 Å². The summed E-state index contributed by atoms with van der Waals surface area (Å²) in [4.78, 5) is 22.8. The van der Waals surface area contributed by atoms with Gasteiger partial charge in [0.05, 0.1) is 12.3 Å². The van der Waals surface area contributed by atoms with Crippen molar-refractivity contribution in [2.24, 2.45) is 11.8 Å². The second kappa shape index (κ2) is 6.62. The summed E-state index contributed by atoms with van der Waals surface area (Å²) in [6, 6.07) is 0. The Bertz CT molecular complexity index is 261. The molecule has 4 heteroatoms. The summed E-state index contributed by atoms with van der Waals surface area (Å²) in [5.74, 6) is -1.96. The molecule has 0 aromatic rings. The Kier molecular flexibility index (Phi) is 6.21. The van der Waals surface area contributed by atoms with Crippen molar-refractivity contribution >= 4 is 11.9 Å². The molecule has 4 nitrogen and oxygen atoms in total. The van der Waals surface area contributed by atoms with Crippen LogP contribution in [0.3, 0.4) is 0 Å². The van der Waals surface area contributed by atoms with Crippen LogP contribution < -0.4 is 0 Å². The molecule has 0 aromatic heterocycles. The molecule has 100 valence electrons. The van der Waals surface area contributed by atoms with Crippen molar-refractivity contribution in [3.05, 3.63) is 0 Å². The van der Waals surface area contributed by atoms with Crippen molar-refractivity contribution in [2.75, 3.05) is 0 Å². The molecule has 0 heterocycles. The first-order chi connectivity index (χ1) is 7.71. The minimum absolute atomic E-state index is 0.0278. The fourth-order valence-corrected chi connectivity index (χ4v) is 1.88. The molecule has 0 unspecified atom stereocenters. The molecule has 1 N–H and O–H groups in total. The van der Waals surface area contributed by atoms with E-state index in [4.69, 9.17) is 9.84 Å². The van der Waals surface area contributed by atoms with Gasteiger partial charge in [0, 0.05) is 0 Å². The molecule has 0 saturated heterocycles. The van der Waals surface area contributed by atoms with Crippen molar-refractivity contribution < 1.29 is 19.4 Å². The van der Waals surface area contributed by atoms with Crippen molar-refractivity contribution in [3.63, 3.8) is 0 Å². The number of hydrogen-bond donors (Lipinski definition) is 1. The Morgan fingerprint density at radius 3 is 1.94 bits per heavy atom. The average Bonchev–Trinajstić information content (AvgIpc) is 2.14. The van der Waals surface area contributed by atoms with Crippen LogP contribution in [0, 0.1) is 11.8 Å². The van der Waals surface area contributed by atoms with Gasteiger partial charge in [-0.05, 0) is 26.7 Å². The molecular formula is C13H24O4. The lowest BCUT2D eigenvalue weighted by atomic mass is 9.85. The second-order valence-corrected chi connectivity index (χ2v) is 5.31. The van der Waals surface area contributed by atoms with Gasteiger partial charge >= 0.3 is 11.9 Å². The fraction of sp³-hybridized carbons (Fsp3) is 0.846. The van der Waals surface area contributed by atoms with E-state index in [1.165, 1.54) is 0 Å². The van der Waals surface area contributed by atoms with E-state index < -0.39 is 23.5 Å². The number of rotatable bonds is 6. The average molecular weight is 244 g/mol. The number of carbonyl (C=O) groups excluding carboxylic acids is 1. The maximum atomic E-state index is 11.6. The third-order valence-corrected chi connectivity index (χ3v) is 2.74. The van der Waals surface area contributed by atoms with Crippen molar-refractivity contribution in [1.29, 1.82) is 0 Å². The number of carbonyl (C=O) groups is 2. The van der Waals surface area contributed by atoms with Gasteiger partial charge in [0.1, 0.15) is 5.60 Å². The third-order valence-electron chi connectivity index (χ3n) is 2.74. The highest BCUT2D eigenvalue weighted by molar-refractivity contribution is 5.79. The Hall–Kier alpha value is -1.06. The zero-order valence-corrected chi connectivity index (χ0v) is 11.4. The molecular weight excluding hydrogens is 220 g/mol. The minimum atomic E-state index is -0.912. The maximum absolute atomic E-state index is 11.6. The molecule has 0 bridgehead atoms. The largest absolute Gasteiger partial charge is 0.481 e. The third kappa shape index (κ3) is 6.29. The second-order valence-electron chi connectivity index (χ2n) is 5.31. The predicted octanol–water partition coefficient (Wildman–Crippen LogP) is 2.86. The highest BCUT2D eigenvalue weighted by atomic mass is 16.6. The number of carboxylic acid groups (broad SMARTS) is 1. The van der Waals surface area contributed by atoms with Crippen LogP contribution in [-0.2, 0) is 14.3 Å². The molecule has 0 saturated carbocycles. The van der Waals surface area contributed by atoms with Crippen LogP contribution in [0.2, 0.25) is 0 Å². The molecule has 0 aliphatic heterocycles. The van der Waals surface area contributed by atoms with Gasteiger partial charge in [-0.3, -0.25) is 9.59 Å². The zero-order valence-electron chi connectivity index (χ0n) is 11.4. The van der Waals surface area contributed by atoms with Crippen molar-refractivity contribution in [2.45, 2.75) is 59.5 Å². The summed E-state index contributed by atoms with van der Waals surface area (Å²) in [6.45, 7) is 9.21. The van der Waals surface area contributed by atoms with Gasteiger partial charge < -0.3 is 9.84 Å². The predicted molar refractivity (Wildman–Crippen MR) is 65.7 cm³/mol. The van der Waals surface area contributed by atoms with Crippen LogP contribution in [0.5, 0.6) is 0 Å². The molecule has 1 atom stereocenters. The number of carboxylic acids is 1. The number of esters is 1. The number of hydrogen-bond acceptors (Lipinski definition) is 3. The first kappa shape index (κ1) is 15.9. The van der Waals surface area contributed by atoms with Gasteiger partial charge in [-0.2, -0.15) is 0 Å². The van der Waals surface area contributed by atoms with Gasteiger partial charge in [0.2, 0.25) is 0 Å². The number of aliphatic carboxylic acids is 1. The van der Waals surface area contributed by atoms with E-state index >= 15 is 0 Å². The molecule has 0 radical (unpaired) electrons. The maximum Gasteiger partial charge on any atom is 0.307 e. The first-order valence-corrected chi connectivity index (χ1v) is 6.15. The molecule has 17 heavy (non-hydrogen) atoms. The lowest BCUT2D eigenvalue weighted by molar-refractivity contribution is -0.161. The van der Waals surface area contributed by atoms with Gasteiger partial charge in [-0.15, -0.1) is 0 Å². The fourth-order valence-electron chi connectivity index (χ4n) is 1.88. The topological polar surface area (TPSA) is 63.6 Å². The van der Waals surface area contributed by atoms with Crippen molar-refractivity contribution in [1.82, 2.24) is 0 Å². The van der Waals surface area contributed by atoms with E-state index in [9.17, 15) is 9.59 Å². The molecule has 0 aromatic carbocycles. The minimum Gasteiger partial charge on any atom is -0.481 e. The van der Waals surface area contributed by atoms with E-state index in [0.717, 1.165) is 12.8 Å². The van der Waals surface area contributed by atoms with Crippen LogP contribution in [0.4, 0.5) is 0 Å². The van der Waals surface area contributed by atoms with Crippen molar-refractivity contribution in [3.8, 4) is 0 Å². The van der Waals surface area contributed by atoms with E-state index in [0.29, 0.717) is 0 Å². The molecule has 0 aliphatic carbocycles. The Balaban J connectivity index is 4.56. The van der Waals surface area contributed by atoms with Crippen LogP contribution in [-0.4, -0.2) is 22.6 Å². The smallest absolute Gasteiger partial charge is 0.307 e. The Morgan fingerprint density at radius 1 is 1.18 bits per heavy atom. The van der Waals surface area contributed by atoms with Gasteiger partial charge in [0.15, 0.2) is 0 Å². The summed E-state index contributed by atoms with van der Waals surface area (Å²) in [6.07, 6.45) is 1.48.